The van der Waals surface area contributed by atoms with Gasteiger partial charge in [0.05, 0.1) is 18.2 Å². The maximum atomic E-state index is 13.9. The summed E-state index contributed by atoms with van der Waals surface area (Å²) in [7, 11) is 1.14. The van der Waals surface area contributed by atoms with Gasteiger partial charge in [0.25, 0.3) is 0 Å². The van der Waals surface area contributed by atoms with E-state index in [2.05, 4.69) is 9.72 Å². The summed E-state index contributed by atoms with van der Waals surface area (Å²) in [6.07, 6.45) is 1.23. The van der Waals surface area contributed by atoms with Crippen molar-refractivity contribution in [2.75, 3.05) is 7.11 Å². The van der Waals surface area contributed by atoms with Gasteiger partial charge in [0.15, 0.2) is 0 Å². The van der Waals surface area contributed by atoms with Crippen molar-refractivity contribution in [3.05, 3.63) is 52.6 Å². The second-order valence-corrected chi connectivity index (χ2v) is 4.43. The predicted molar refractivity (Wildman–Crippen MR) is 72.9 cm³/mol. The summed E-state index contributed by atoms with van der Waals surface area (Å²) in [5.74, 6) is -2.84. The van der Waals surface area contributed by atoms with Gasteiger partial charge in [-0.2, -0.15) is 0 Å². The summed E-state index contributed by atoms with van der Waals surface area (Å²) in [6, 6.07) is 4.85. The fourth-order valence-electron chi connectivity index (χ4n) is 1.80. The van der Waals surface area contributed by atoms with Crippen LogP contribution in [0, 0.1) is 5.82 Å². The number of methoxy groups -OCH3 is 1. The van der Waals surface area contributed by atoms with Gasteiger partial charge in [-0.25, -0.2) is 19.0 Å². The number of ether oxygens (including phenoxy) is 1. The number of carbonyl (C=O) groups is 2. The van der Waals surface area contributed by atoms with E-state index in [1.54, 1.807) is 0 Å². The lowest BCUT2D eigenvalue weighted by molar-refractivity contribution is 0.0594. The standard InChI is InChI=1S/C14H9ClFNO4/c1-21-14(20)8-3-2-7(4-11(8)16)10-6-17-12(15)5-9(10)13(18)19/h2-6H,1H3,(H,18,19). The molecule has 2 rings (SSSR count). The molecule has 108 valence electrons. The first kappa shape index (κ1) is 14.9. The molecule has 0 saturated carbocycles. The SMILES string of the molecule is COC(=O)c1ccc(-c2cnc(Cl)cc2C(=O)O)cc1F. The van der Waals surface area contributed by atoms with Gasteiger partial charge in [-0.1, -0.05) is 17.7 Å². The number of carboxylic acids is 1. The summed E-state index contributed by atoms with van der Waals surface area (Å²) in [4.78, 5) is 26.3. The van der Waals surface area contributed by atoms with Gasteiger partial charge < -0.3 is 9.84 Å². The minimum atomic E-state index is -1.22. The third kappa shape index (κ3) is 3.00. The molecule has 2 aromatic rings. The predicted octanol–water partition coefficient (Wildman–Crippen LogP) is 3.03. The zero-order valence-electron chi connectivity index (χ0n) is 10.8. The van der Waals surface area contributed by atoms with E-state index in [1.165, 1.54) is 24.4 Å². The first-order chi connectivity index (χ1) is 9.93. The fraction of sp³-hybridized carbons (Fsp3) is 0.0714. The van der Waals surface area contributed by atoms with Crippen molar-refractivity contribution in [2.24, 2.45) is 0 Å². The molecule has 0 aliphatic rings. The second kappa shape index (κ2) is 5.88. The Bertz CT molecular complexity index is 733. The summed E-state index contributed by atoms with van der Waals surface area (Å²) in [5, 5.41) is 9.16. The fourth-order valence-corrected chi connectivity index (χ4v) is 1.95. The molecule has 1 N–H and O–H groups in total. The normalized spacial score (nSPS) is 10.2. The van der Waals surface area contributed by atoms with E-state index in [0.29, 0.717) is 0 Å². The highest BCUT2D eigenvalue weighted by Crippen LogP contribution is 2.27. The van der Waals surface area contributed by atoms with Crippen LogP contribution in [0.1, 0.15) is 20.7 Å². The molecule has 0 radical (unpaired) electrons. The maximum absolute atomic E-state index is 13.9. The van der Waals surface area contributed by atoms with E-state index in [4.69, 9.17) is 16.7 Å². The summed E-state index contributed by atoms with van der Waals surface area (Å²) >= 11 is 5.66. The monoisotopic (exact) mass is 309 g/mol. The number of hydrogen-bond donors (Lipinski definition) is 1. The minimum Gasteiger partial charge on any atom is -0.478 e. The van der Waals surface area contributed by atoms with Crippen molar-refractivity contribution in [3.63, 3.8) is 0 Å². The molecule has 0 fully saturated rings. The van der Waals surface area contributed by atoms with Crippen LogP contribution in [0.25, 0.3) is 11.1 Å². The number of nitrogens with zero attached hydrogens (tertiary/aromatic N) is 1. The molecular formula is C14H9ClFNO4. The molecule has 0 unspecified atom stereocenters. The number of halogens is 2. The Morgan fingerprint density at radius 1 is 1.29 bits per heavy atom. The summed E-state index contributed by atoms with van der Waals surface area (Å²) in [5.41, 5.74) is 0.115. The highest BCUT2D eigenvalue weighted by atomic mass is 35.5. The largest absolute Gasteiger partial charge is 0.478 e. The van der Waals surface area contributed by atoms with Crippen molar-refractivity contribution < 1.29 is 23.8 Å². The smallest absolute Gasteiger partial charge is 0.340 e. The van der Waals surface area contributed by atoms with Crippen molar-refractivity contribution in [3.8, 4) is 11.1 Å². The van der Waals surface area contributed by atoms with Crippen LogP contribution in [0.15, 0.2) is 30.5 Å². The number of benzene rings is 1. The lowest BCUT2D eigenvalue weighted by Crippen LogP contribution is -2.05. The van der Waals surface area contributed by atoms with E-state index >= 15 is 0 Å². The molecule has 1 heterocycles. The van der Waals surface area contributed by atoms with Crippen molar-refractivity contribution in [1.29, 1.82) is 0 Å². The van der Waals surface area contributed by atoms with Crippen LogP contribution in [0.3, 0.4) is 0 Å². The van der Waals surface area contributed by atoms with Gasteiger partial charge in [-0.15, -0.1) is 0 Å². The number of esters is 1. The molecule has 0 atom stereocenters. The van der Waals surface area contributed by atoms with E-state index < -0.39 is 17.8 Å². The van der Waals surface area contributed by atoms with Crippen LogP contribution < -0.4 is 0 Å². The molecule has 0 aliphatic heterocycles. The molecule has 0 aliphatic carbocycles. The number of rotatable bonds is 3. The van der Waals surface area contributed by atoms with Gasteiger partial charge in [-0.05, 0) is 23.8 Å². The molecule has 0 spiro atoms. The van der Waals surface area contributed by atoms with Crippen LogP contribution in [0.4, 0.5) is 4.39 Å². The number of carboxylic acid groups (broad SMARTS) is 1. The van der Waals surface area contributed by atoms with Crippen LogP contribution >= 0.6 is 11.6 Å². The molecule has 0 amide bonds. The van der Waals surface area contributed by atoms with Crippen molar-refractivity contribution in [1.82, 2.24) is 4.98 Å². The van der Waals surface area contributed by atoms with E-state index in [1.807, 2.05) is 0 Å². The zero-order valence-corrected chi connectivity index (χ0v) is 11.5. The Hall–Kier alpha value is -2.47. The molecule has 7 heteroatoms. The van der Waals surface area contributed by atoms with Gasteiger partial charge in [0.1, 0.15) is 11.0 Å². The maximum Gasteiger partial charge on any atom is 0.340 e. The van der Waals surface area contributed by atoms with Gasteiger partial charge >= 0.3 is 11.9 Å². The van der Waals surface area contributed by atoms with Crippen LogP contribution in [0.2, 0.25) is 5.15 Å². The Labute approximate surface area is 124 Å². The molecule has 1 aromatic carbocycles. The number of aromatic carboxylic acids is 1. The van der Waals surface area contributed by atoms with Crippen molar-refractivity contribution in [2.45, 2.75) is 0 Å². The first-order valence-corrected chi connectivity index (χ1v) is 6.09. The Kier molecular flexibility index (Phi) is 4.18. The van der Waals surface area contributed by atoms with Gasteiger partial charge in [-0.3, -0.25) is 0 Å². The summed E-state index contributed by atoms with van der Waals surface area (Å²) in [6.45, 7) is 0. The van der Waals surface area contributed by atoms with E-state index in [9.17, 15) is 14.0 Å². The highest BCUT2D eigenvalue weighted by Gasteiger charge is 2.17. The number of aromatic nitrogens is 1. The Morgan fingerprint density at radius 2 is 2.00 bits per heavy atom. The molecule has 0 saturated heterocycles. The Balaban J connectivity index is 2.56. The number of hydrogen-bond acceptors (Lipinski definition) is 4. The Morgan fingerprint density at radius 3 is 2.57 bits per heavy atom. The summed E-state index contributed by atoms with van der Waals surface area (Å²) < 4.78 is 18.3. The third-order valence-electron chi connectivity index (χ3n) is 2.79. The lowest BCUT2D eigenvalue weighted by Gasteiger charge is -2.08. The molecule has 21 heavy (non-hydrogen) atoms. The number of carbonyl (C=O) groups excluding carboxylic acids is 1. The molecule has 1 aromatic heterocycles. The van der Waals surface area contributed by atoms with E-state index in [-0.39, 0.29) is 27.4 Å². The number of pyridine rings is 1. The molecule has 0 bridgehead atoms. The van der Waals surface area contributed by atoms with Gasteiger partial charge in [0, 0.05) is 11.8 Å². The second-order valence-electron chi connectivity index (χ2n) is 4.04. The molecular weight excluding hydrogens is 301 g/mol. The average molecular weight is 310 g/mol. The van der Waals surface area contributed by atoms with Crippen LogP contribution in [-0.4, -0.2) is 29.1 Å². The minimum absolute atomic E-state index is 0.0165. The lowest BCUT2D eigenvalue weighted by atomic mass is 10.0. The molecule has 5 nitrogen and oxygen atoms in total. The van der Waals surface area contributed by atoms with Crippen LogP contribution in [-0.2, 0) is 4.74 Å². The van der Waals surface area contributed by atoms with Gasteiger partial charge in [0.2, 0.25) is 0 Å². The first-order valence-electron chi connectivity index (χ1n) is 5.71. The van der Waals surface area contributed by atoms with E-state index in [0.717, 1.165) is 13.2 Å². The average Bonchev–Trinajstić information content (AvgIpc) is 2.46. The quantitative estimate of drug-likeness (QED) is 0.696. The third-order valence-corrected chi connectivity index (χ3v) is 2.99. The van der Waals surface area contributed by atoms with Crippen molar-refractivity contribution >= 4 is 23.5 Å². The topological polar surface area (TPSA) is 76.5 Å². The van der Waals surface area contributed by atoms with Crippen LogP contribution in [0.5, 0.6) is 0 Å². The highest BCUT2D eigenvalue weighted by molar-refractivity contribution is 6.29. The zero-order chi connectivity index (χ0) is 15.6.